The molecular formula is C19H19FN6O2. The lowest BCUT2D eigenvalue weighted by atomic mass is 10.2. The fourth-order valence-electron chi connectivity index (χ4n) is 2.40. The van der Waals surface area contributed by atoms with E-state index in [1.807, 2.05) is 6.92 Å². The molecule has 28 heavy (non-hydrogen) atoms. The quantitative estimate of drug-likeness (QED) is 0.560. The number of esters is 1. The topological polar surface area (TPSA) is 119 Å². The number of hydrogen-bond acceptors (Lipinski definition) is 7. The molecule has 0 radical (unpaired) electrons. The second-order valence-electron chi connectivity index (χ2n) is 5.86. The number of nitrogens with one attached hydrogen (secondary N) is 2. The summed E-state index contributed by atoms with van der Waals surface area (Å²) < 4.78 is 18.4. The summed E-state index contributed by atoms with van der Waals surface area (Å²) in [6.45, 7) is 3.71. The summed E-state index contributed by atoms with van der Waals surface area (Å²) in [5.74, 6) is -0.120. The number of aromatic nitrogens is 4. The Morgan fingerprint density at radius 1 is 1.32 bits per heavy atom. The van der Waals surface area contributed by atoms with Crippen LogP contribution in [0.2, 0.25) is 0 Å². The molecule has 0 spiro atoms. The van der Waals surface area contributed by atoms with Crippen molar-refractivity contribution in [2.24, 2.45) is 0 Å². The third-order valence-electron chi connectivity index (χ3n) is 3.66. The van der Waals surface area contributed by atoms with E-state index in [1.54, 1.807) is 37.3 Å². The zero-order valence-electron chi connectivity index (χ0n) is 15.4. The average Bonchev–Trinajstić information content (AvgIpc) is 3.07. The molecule has 3 aromatic rings. The standard InChI is InChI=1S/C19H19FN6O2/c1-3-28-19(27)17-16(21)18(24-15-9-11(2)25-26-15)23-14(22-17)8-7-12-5-4-6-13(20)10-12/h4-10H,3,21H2,1-2H3,(H2,22,23,24,25,26)/b8-7+. The Hall–Kier alpha value is -3.75. The number of nitrogens with two attached hydrogens (primary N) is 1. The van der Waals surface area contributed by atoms with Crippen LogP contribution in [-0.2, 0) is 4.74 Å². The largest absolute Gasteiger partial charge is 0.461 e. The third kappa shape index (κ3) is 4.50. The summed E-state index contributed by atoms with van der Waals surface area (Å²) in [5.41, 5.74) is 7.51. The molecule has 0 aliphatic rings. The highest BCUT2D eigenvalue weighted by molar-refractivity contribution is 5.96. The SMILES string of the molecule is CCOC(=O)c1nc(/C=C/c2cccc(F)c2)nc(Nc2cc(C)[nH]n2)c1N. The van der Waals surface area contributed by atoms with Gasteiger partial charge in [-0.05, 0) is 37.6 Å². The van der Waals surface area contributed by atoms with Gasteiger partial charge in [-0.1, -0.05) is 18.2 Å². The van der Waals surface area contributed by atoms with E-state index >= 15 is 0 Å². The van der Waals surface area contributed by atoms with Crippen LogP contribution in [0.4, 0.5) is 21.7 Å². The molecule has 0 amide bonds. The molecule has 1 aromatic carbocycles. The average molecular weight is 382 g/mol. The van der Waals surface area contributed by atoms with Gasteiger partial charge in [0.15, 0.2) is 23.2 Å². The van der Waals surface area contributed by atoms with Crippen molar-refractivity contribution >= 4 is 35.4 Å². The first kappa shape index (κ1) is 19.0. The van der Waals surface area contributed by atoms with Crippen LogP contribution < -0.4 is 11.1 Å². The first-order valence-electron chi connectivity index (χ1n) is 8.53. The number of carbonyl (C=O) groups excluding carboxylic acids is 1. The number of aryl methyl sites for hydroxylation is 1. The lowest BCUT2D eigenvalue weighted by Crippen LogP contribution is -2.14. The predicted molar refractivity (Wildman–Crippen MR) is 104 cm³/mol. The first-order chi connectivity index (χ1) is 13.5. The molecule has 2 aromatic heterocycles. The molecule has 144 valence electrons. The van der Waals surface area contributed by atoms with Crippen LogP contribution in [0.1, 0.15) is 34.5 Å². The summed E-state index contributed by atoms with van der Waals surface area (Å²) in [4.78, 5) is 20.7. The Bertz CT molecular complexity index is 1030. The Labute approximate surface area is 160 Å². The summed E-state index contributed by atoms with van der Waals surface area (Å²) in [5, 5.41) is 9.82. The van der Waals surface area contributed by atoms with E-state index in [1.165, 1.54) is 12.1 Å². The number of halogens is 1. The highest BCUT2D eigenvalue weighted by atomic mass is 19.1. The van der Waals surface area contributed by atoms with Crippen molar-refractivity contribution in [2.75, 3.05) is 17.7 Å². The van der Waals surface area contributed by atoms with Crippen LogP contribution in [-0.4, -0.2) is 32.7 Å². The van der Waals surface area contributed by atoms with Crippen LogP contribution in [0, 0.1) is 12.7 Å². The van der Waals surface area contributed by atoms with Crippen LogP contribution in [0.5, 0.6) is 0 Å². The number of nitrogens with zero attached hydrogens (tertiary/aromatic N) is 3. The minimum atomic E-state index is -0.663. The minimum Gasteiger partial charge on any atom is -0.461 e. The van der Waals surface area contributed by atoms with Gasteiger partial charge in [0.05, 0.1) is 6.61 Å². The Morgan fingerprint density at radius 2 is 2.14 bits per heavy atom. The zero-order chi connectivity index (χ0) is 20.1. The number of nitrogen functional groups attached to an aromatic ring is 1. The van der Waals surface area contributed by atoms with Gasteiger partial charge in [0.2, 0.25) is 0 Å². The van der Waals surface area contributed by atoms with Gasteiger partial charge in [-0.3, -0.25) is 5.10 Å². The molecule has 0 aliphatic carbocycles. The maximum Gasteiger partial charge on any atom is 0.359 e. The van der Waals surface area contributed by atoms with Gasteiger partial charge in [0.25, 0.3) is 0 Å². The van der Waals surface area contributed by atoms with Crippen molar-refractivity contribution in [3.63, 3.8) is 0 Å². The van der Waals surface area contributed by atoms with Gasteiger partial charge in [0.1, 0.15) is 11.5 Å². The number of rotatable bonds is 6. The monoisotopic (exact) mass is 382 g/mol. The predicted octanol–water partition coefficient (Wildman–Crippen LogP) is 3.32. The molecule has 9 heteroatoms. The highest BCUT2D eigenvalue weighted by Crippen LogP contribution is 2.24. The minimum absolute atomic E-state index is 0.0435. The number of benzene rings is 1. The van der Waals surface area contributed by atoms with Gasteiger partial charge in [-0.15, -0.1) is 0 Å². The van der Waals surface area contributed by atoms with Gasteiger partial charge in [-0.2, -0.15) is 5.10 Å². The van der Waals surface area contributed by atoms with Crippen LogP contribution in [0.15, 0.2) is 30.3 Å². The maximum atomic E-state index is 13.3. The highest BCUT2D eigenvalue weighted by Gasteiger charge is 2.19. The van der Waals surface area contributed by atoms with Crippen molar-refractivity contribution < 1.29 is 13.9 Å². The Balaban J connectivity index is 1.99. The number of ether oxygens (including phenoxy) is 1. The van der Waals surface area contributed by atoms with Crippen LogP contribution >= 0.6 is 0 Å². The number of hydrogen-bond donors (Lipinski definition) is 3. The number of anilines is 3. The Morgan fingerprint density at radius 3 is 2.82 bits per heavy atom. The molecule has 8 nitrogen and oxygen atoms in total. The summed E-state index contributed by atoms with van der Waals surface area (Å²) in [6, 6.07) is 7.80. The maximum absolute atomic E-state index is 13.3. The van der Waals surface area contributed by atoms with E-state index in [0.29, 0.717) is 11.4 Å². The van der Waals surface area contributed by atoms with Crippen molar-refractivity contribution in [1.29, 1.82) is 0 Å². The lowest BCUT2D eigenvalue weighted by Gasteiger charge is -2.11. The van der Waals surface area contributed by atoms with Crippen LogP contribution in [0.25, 0.3) is 12.2 Å². The smallest absolute Gasteiger partial charge is 0.359 e. The second-order valence-corrected chi connectivity index (χ2v) is 5.86. The van der Waals surface area contributed by atoms with Gasteiger partial charge < -0.3 is 15.8 Å². The van der Waals surface area contributed by atoms with E-state index in [0.717, 1.165) is 5.69 Å². The van der Waals surface area contributed by atoms with E-state index in [2.05, 4.69) is 25.5 Å². The third-order valence-corrected chi connectivity index (χ3v) is 3.66. The molecule has 0 saturated carbocycles. The fraction of sp³-hybridized carbons (Fsp3) is 0.158. The lowest BCUT2D eigenvalue weighted by molar-refractivity contribution is 0.0520. The molecule has 0 aliphatic heterocycles. The van der Waals surface area contributed by atoms with Crippen molar-refractivity contribution in [1.82, 2.24) is 20.2 Å². The molecule has 0 atom stereocenters. The molecule has 0 bridgehead atoms. The Kier molecular flexibility index (Phi) is 5.64. The number of aromatic amines is 1. The zero-order valence-corrected chi connectivity index (χ0v) is 15.4. The molecular weight excluding hydrogens is 363 g/mol. The number of carbonyl (C=O) groups is 1. The van der Waals surface area contributed by atoms with Crippen LogP contribution in [0.3, 0.4) is 0 Å². The van der Waals surface area contributed by atoms with E-state index in [4.69, 9.17) is 10.5 Å². The summed E-state index contributed by atoms with van der Waals surface area (Å²) in [7, 11) is 0. The van der Waals surface area contributed by atoms with E-state index < -0.39 is 5.97 Å². The van der Waals surface area contributed by atoms with E-state index in [9.17, 15) is 9.18 Å². The first-order valence-corrected chi connectivity index (χ1v) is 8.53. The molecule has 2 heterocycles. The molecule has 0 saturated heterocycles. The second kappa shape index (κ2) is 8.30. The van der Waals surface area contributed by atoms with Gasteiger partial charge >= 0.3 is 5.97 Å². The normalized spacial score (nSPS) is 11.0. The summed E-state index contributed by atoms with van der Waals surface area (Å²) in [6.07, 6.45) is 3.18. The molecule has 3 rings (SSSR count). The molecule has 0 unspecified atom stereocenters. The van der Waals surface area contributed by atoms with E-state index in [-0.39, 0.29) is 35.4 Å². The fourth-order valence-corrected chi connectivity index (χ4v) is 2.40. The van der Waals surface area contributed by atoms with Gasteiger partial charge in [0, 0.05) is 11.8 Å². The molecule has 0 fully saturated rings. The van der Waals surface area contributed by atoms with Crippen molar-refractivity contribution in [3.05, 3.63) is 58.9 Å². The number of H-pyrrole nitrogens is 1. The molecule has 4 N–H and O–H groups in total. The van der Waals surface area contributed by atoms with Gasteiger partial charge in [-0.25, -0.2) is 19.2 Å². The summed E-state index contributed by atoms with van der Waals surface area (Å²) >= 11 is 0. The van der Waals surface area contributed by atoms with Crippen molar-refractivity contribution in [2.45, 2.75) is 13.8 Å². The van der Waals surface area contributed by atoms with Crippen molar-refractivity contribution in [3.8, 4) is 0 Å².